The second kappa shape index (κ2) is 6.65. The molecule has 0 radical (unpaired) electrons. The molecule has 0 atom stereocenters. The van der Waals surface area contributed by atoms with Crippen molar-refractivity contribution < 1.29 is 22.7 Å². The summed E-state index contributed by atoms with van der Waals surface area (Å²) in [5.74, 6) is -0.567. The number of esters is 1. The molecule has 1 N–H and O–H groups in total. The summed E-state index contributed by atoms with van der Waals surface area (Å²) in [6.07, 6.45) is -2.47. The van der Waals surface area contributed by atoms with Crippen molar-refractivity contribution in [1.29, 1.82) is 0 Å². The summed E-state index contributed by atoms with van der Waals surface area (Å²) in [6.45, 7) is 3.45. The van der Waals surface area contributed by atoms with Crippen LogP contribution in [0, 0.1) is 6.92 Å². The van der Waals surface area contributed by atoms with Crippen molar-refractivity contribution in [2.24, 2.45) is 0 Å². The number of nitrogens with zero attached hydrogens (tertiary/aromatic N) is 4. The van der Waals surface area contributed by atoms with Crippen LogP contribution in [0.15, 0.2) is 23.3 Å². The SMILES string of the molecule is CCOC(=O)c1sc2nc(-c3cnn4c(C(F)(F)F)ccnc34)[nH]c(=O)c2c1C. The fourth-order valence-corrected chi connectivity index (χ4v) is 4.01. The summed E-state index contributed by atoms with van der Waals surface area (Å²) in [7, 11) is 0. The predicted octanol–water partition coefficient (Wildman–Crippen LogP) is 3.20. The molecule has 0 aromatic carbocycles. The van der Waals surface area contributed by atoms with Crippen molar-refractivity contribution in [1.82, 2.24) is 24.6 Å². The smallest absolute Gasteiger partial charge is 0.433 e. The summed E-state index contributed by atoms with van der Waals surface area (Å²) < 4.78 is 45.2. The van der Waals surface area contributed by atoms with Crippen molar-refractivity contribution in [3.63, 3.8) is 0 Å². The number of nitrogens with one attached hydrogen (secondary N) is 1. The van der Waals surface area contributed by atoms with Gasteiger partial charge in [-0.25, -0.2) is 19.3 Å². The summed E-state index contributed by atoms with van der Waals surface area (Å²) in [5, 5.41) is 3.97. The number of aromatic amines is 1. The van der Waals surface area contributed by atoms with Crippen LogP contribution in [0.3, 0.4) is 0 Å². The van der Waals surface area contributed by atoms with Crippen molar-refractivity contribution in [2.45, 2.75) is 20.0 Å². The average Bonchev–Trinajstić information content (AvgIpc) is 3.22. The monoisotopic (exact) mass is 423 g/mol. The molecule has 0 aliphatic carbocycles. The molecule has 4 aromatic rings. The minimum absolute atomic E-state index is 0.000911. The normalized spacial score (nSPS) is 12.0. The highest BCUT2D eigenvalue weighted by Crippen LogP contribution is 2.32. The first-order chi connectivity index (χ1) is 13.7. The van der Waals surface area contributed by atoms with Crippen LogP contribution < -0.4 is 5.56 Å². The molecule has 0 spiro atoms. The van der Waals surface area contributed by atoms with E-state index in [-0.39, 0.29) is 38.7 Å². The summed E-state index contributed by atoms with van der Waals surface area (Å²) in [6, 6.07) is 0.803. The third kappa shape index (κ3) is 3.05. The first-order valence-corrected chi connectivity index (χ1v) is 9.14. The van der Waals surface area contributed by atoms with Crippen LogP contribution in [0.25, 0.3) is 27.3 Å². The van der Waals surface area contributed by atoms with Crippen molar-refractivity contribution >= 4 is 33.2 Å². The van der Waals surface area contributed by atoms with Crippen molar-refractivity contribution in [2.75, 3.05) is 6.61 Å². The van der Waals surface area contributed by atoms with Gasteiger partial charge in [0.25, 0.3) is 5.56 Å². The Balaban J connectivity index is 1.92. The minimum Gasteiger partial charge on any atom is -0.462 e. The molecule has 29 heavy (non-hydrogen) atoms. The van der Waals surface area contributed by atoms with Gasteiger partial charge in [-0.2, -0.15) is 18.3 Å². The van der Waals surface area contributed by atoms with Gasteiger partial charge in [-0.05, 0) is 25.5 Å². The van der Waals surface area contributed by atoms with Crippen LogP contribution in [-0.4, -0.2) is 37.1 Å². The van der Waals surface area contributed by atoms with Gasteiger partial charge in [-0.15, -0.1) is 11.3 Å². The van der Waals surface area contributed by atoms with E-state index in [9.17, 15) is 22.8 Å². The van der Waals surface area contributed by atoms with Crippen LogP contribution in [-0.2, 0) is 10.9 Å². The molecule has 4 heterocycles. The van der Waals surface area contributed by atoms with Crippen LogP contribution >= 0.6 is 11.3 Å². The Bertz CT molecular complexity index is 1320. The van der Waals surface area contributed by atoms with Gasteiger partial charge >= 0.3 is 12.1 Å². The Morgan fingerprint density at radius 2 is 2.14 bits per heavy atom. The Kier molecular flexibility index (Phi) is 4.37. The average molecular weight is 423 g/mol. The van der Waals surface area contributed by atoms with Crippen molar-refractivity contribution in [3.05, 3.63) is 44.9 Å². The Labute approximate surface area is 164 Å². The highest BCUT2D eigenvalue weighted by Gasteiger charge is 2.34. The van der Waals surface area contributed by atoms with Crippen LogP contribution in [0.1, 0.15) is 27.9 Å². The van der Waals surface area contributed by atoms with Gasteiger partial charge in [-0.3, -0.25) is 4.79 Å². The maximum absolute atomic E-state index is 13.2. The molecule has 0 amide bonds. The number of halogens is 3. The highest BCUT2D eigenvalue weighted by atomic mass is 32.1. The number of rotatable bonds is 3. The second-order valence-corrected chi connectivity index (χ2v) is 6.99. The van der Waals surface area contributed by atoms with E-state index < -0.39 is 23.4 Å². The molecular weight excluding hydrogens is 411 g/mol. The van der Waals surface area contributed by atoms with Gasteiger partial charge in [0.15, 0.2) is 5.65 Å². The number of ether oxygens (including phenoxy) is 1. The molecule has 0 unspecified atom stereocenters. The Morgan fingerprint density at radius 1 is 1.38 bits per heavy atom. The standard InChI is InChI=1S/C17H12F3N5O3S/c1-3-28-16(27)11-7(2)10-14(26)23-12(24-15(10)29-11)8-6-22-25-9(17(18,19)20)4-5-21-13(8)25/h4-6H,3H2,1-2H3,(H,23,24,26). The number of hydrogen-bond donors (Lipinski definition) is 1. The van der Waals surface area contributed by atoms with E-state index in [1.54, 1.807) is 13.8 Å². The molecule has 0 fully saturated rings. The number of aromatic nitrogens is 5. The van der Waals surface area contributed by atoms with Gasteiger partial charge < -0.3 is 9.72 Å². The van der Waals surface area contributed by atoms with Crippen molar-refractivity contribution in [3.8, 4) is 11.4 Å². The quantitative estimate of drug-likeness (QED) is 0.508. The lowest BCUT2D eigenvalue weighted by atomic mass is 10.2. The fraction of sp³-hybridized carbons (Fsp3) is 0.235. The highest BCUT2D eigenvalue weighted by molar-refractivity contribution is 7.20. The third-order valence-corrected chi connectivity index (χ3v) is 5.37. The lowest BCUT2D eigenvalue weighted by Crippen LogP contribution is -2.13. The second-order valence-electron chi connectivity index (χ2n) is 5.99. The largest absolute Gasteiger partial charge is 0.462 e. The Morgan fingerprint density at radius 3 is 2.83 bits per heavy atom. The maximum Gasteiger partial charge on any atom is 0.433 e. The number of H-pyrrole nitrogens is 1. The lowest BCUT2D eigenvalue weighted by Gasteiger charge is -2.08. The Hall–Kier alpha value is -3.28. The topological polar surface area (TPSA) is 102 Å². The first-order valence-electron chi connectivity index (χ1n) is 8.33. The molecule has 150 valence electrons. The molecule has 0 aliphatic heterocycles. The van der Waals surface area contributed by atoms with E-state index in [1.807, 2.05) is 0 Å². The number of thiophene rings is 1. The zero-order valence-electron chi connectivity index (χ0n) is 15.0. The van der Waals surface area contributed by atoms with Gasteiger partial charge in [0.05, 0.1) is 23.8 Å². The molecule has 0 aliphatic rings. The number of carbonyl (C=O) groups is 1. The zero-order chi connectivity index (χ0) is 20.9. The molecule has 0 saturated heterocycles. The first kappa shape index (κ1) is 19.1. The molecule has 4 rings (SSSR count). The lowest BCUT2D eigenvalue weighted by molar-refractivity contribution is -0.142. The van der Waals surface area contributed by atoms with E-state index >= 15 is 0 Å². The van der Waals surface area contributed by atoms with E-state index in [0.717, 1.165) is 29.8 Å². The molecule has 4 aromatic heterocycles. The maximum atomic E-state index is 13.2. The van der Waals surface area contributed by atoms with Crippen LogP contribution in [0.4, 0.5) is 13.2 Å². The van der Waals surface area contributed by atoms with Gasteiger partial charge in [0.1, 0.15) is 21.2 Å². The summed E-state index contributed by atoms with van der Waals surface area (Å²) in [5.41, 5.74) is -1.09. The number of aryl methyl sites for hydroxylation is 1. The summed E-state index contributed by atoms with van der Waals surface area (Å²) >= 11 is 0.977. The van der Waals surface area contributed by atoms with E-state index in [1.165, 1.54) is 0 Å². The zero-order valence-corrected chi connectivity index (χ0v) is 15.8. The minimum atomic E-state index is -4.63. The van der Waals surface area contributed by atoms with Gasteiger partial charge in [0.2, 0.25) is 0 Å². The molecule has 0 bridgehead atoms. The van der Waals surface area contributed by atoms with E-state index in [0.29, 0.717) is 10.1 Å². The molecule has 12 heteroatoms. The number of fused-ring (bicyclic) bond motifs is 2. The van der Waals surface area contributed by atoms with Crippen LogP contribution in [0.2, 0.25) is 0 Å². The van der Waals surface area contributed by atoms with Gasteiger partial charge in [0, 0.05) is 6.20 Å². The fourth-order valence-electron chi connectivity index (χ4n) is 2.94. The van der Waals surface area contributed by atoms with E-state index in [4.69, 9.17) is 4.74 Å². The summed E-state index contributed by atoms with van der Waals surface area (Å²) in [4.78, 5) is 36.0. The third-order valence-electron chi connectivity index (χ3n) is 4.21. The predicted molar refractivity (Wildman–Crippen MR) is 97.9 cm³/mol. The van der Waals surface area contributed by atoms with E-state index in [2.05, 4.69) is 20.1 Å². The molecular formula is C17H12F3N5O3S. The number of carbonyl (C=O) groups excluding carboxylic acids is 1. The number of alkyl halides is 3. The molecule has 8 nitrogen and oxygen atoms in total. The number of hydrogen-bond acceptors (Lipinski definition) is 7. The van der Waals surface area contributed by atoms with Crippen LogP contribution in [0.5, 0.6) is 0 Å². The van der Waals surface area contributed by atoms with Gasteiger partial charge in [-0.1, -0.05) is 0 Å². The molecule has 0 saturated carbocycles.